The Morgan fingerprint density at radius 2 is 1.52 bits per heavy atom. The van der Waals surface area contributed by atoms with E-state index >= 15 is 0 Å². The zero-order chi connectivity index (χ0) is 34.6. The third-order valence-corrected chi connectivity index (χ3v) is 14.3. The fourth-order valence-corrected chi connectivity index (χ4v) is 11.1. The summed E-state index contributed by atoms with van der Waals surface area (Å²) in [6.45, 7) is 15.7. The first-order chi connectivity index (χ1) is 23.2. The van der Waals surface area contributed by atoms with Crippen LogP contribution in [0.2, 0.25) is 0 Å². The Balaban J connectivity index is 1.16. The normalized spacial score (nSPS) is 34.0. The molecule has 4 aliphatic rings. The van der Waals surface area contributed by atoms with E-state index in [-0.39, 0.29) is 17.8 Å². The maximum atomic E-state index is 12.8. The highest BCUT2D eigenvalue weighted by molar-refractivity contribution is 5.84. The van der Waals surface area contributed by atoms with E-state index in [0.29, 0.717) is 23.3 Å². The van der Waals surface area contributed by atoms with Crippen LogP contribution in [-0.4, -0.2) is 70.3 Å². The van der Waals surface area contributed by atoms with E-state index in [1.54, 1.807) is 0 Å². The maximum Gasteiger partial charge on any atom is 0.328 e. The third kappa shape index (κ3) is 9.97. The second-order valence-corrected chi connectivity index (χ2v) is 17.0. The van der Waals surface area contributed by atoms with Gasteiger partial charge in [0.2, 0.25) is 5.91 Å². The molecule has 8 nitrogen and oxygen atoms in total. The predicted molar refractivity (Wildman–Crippen MR) is 198 cm³/mol. The van der Waals surface area contributed by atoms with Gasteiger partial charge >= 0.3 is 5.97 Å². The average molecular weight is 674 g/mol. The fraction of sp³-hybridized carbons (Fsp3) is 0.950. The summed E-state index contributed by atoms with van der Waals surface area (Å²) in [6, 6.07) is 0.162. The van der Waals surface area contributed by atoms with Gasteiger partial charge in [0.05, 0.1) is 7.11 Å². The summed E-state index contributed by atoms with van der Waals surface area (Å²) in [5.74, 6) is 4.00. The van der Waals surface area contributed by atoms with Crippen LogP contribution in [0.25, 0.3) is 0 Å². The van der Waals surface area contributed by atoms with Gasteiger partial charge < -0.3 is 31.7 Å². The molecular weight excluding hydrogens is 598 g/mol. The quantitative estimate of drug-likeness (QED) is 0.0730. The molecule has 10 atom stereocenters. The van der Waals surface area contributed by atoms with Gasteiger partial charge in [0.25, 0.3) is 0 Å². The number of nitrogens with two attached hydrogens (primary N) is 1. The highest BCUT2D eigenvalue weighted by Crippen LogP contribution is 2.67. The Bertz CT molecular complexity index is 981. The fourth-order valence-electron chi connectivity index (χ4n) is 11.1. The molecule has 0 radical (unpaired) electrons. The summed E-state index contributed by atoms with van der Waals surface area (Å²) in [4.78, 5) is 25.1. The summed E-state index contributed by atoms with van der Waals surface area (Å²) >= 11 is 0. The second-order valence-electron chi connectivity index (χ2n) is 17.0. The number of carbonyl (C=O) groups excluding carboxylic acids is 2. The van der Waals surface area contributed by atoms with Crippen LogP contribution in [0, 0.1) is 46.3 Å². The number of hydrogen-bond acceptors (Lipinski definition) is 7. The average Bonchev–Trinajstić information content (AvgIpc) is 3.42. The minimum Gasteiger partial charge on any atom is -0.467 e. The molecule has 48 heavy (non-hydrogen) atoms. The van der Waals surface area contributed by atoms with Gasteiger partial charge in [-0.05, 0) is 182 Å². The van der Waals surface area contributed by atoms with Crippen molar-refractivity contribution in [3.8, 4) is 0 Å². The van der Waals surface area contributed by atoms with Gasteiger partial charge in [0.1, 0.15) is 6.04 Å². The molecule has 278 valence electrons. The molecule has 8 heteroatoms. The number of carbonyl (C=O) groups is 2. The van der Waals surface area contributed by atoms with Crippen molar-refractivity contribution in [2.24, 2.45) is 52.1 Å². The van der Waals surface area contributed by atoms with Crippen molar-refractivity contribution in [2.45, 2.75) is 149 Å². The minimum absolute atomic E-state index is 0.00378. The van der Waals surface area contributed by atoms with Crippen LogP contribution in [0.1, 0.15) is 137 Å². The molecule has 0 heterocycles. The minimum atomic E-state index is -0.541. The molecule has 0 spiro atoms. The molecule has 4 rings (SSSR count). The van der Waals surface area contributed by atoms with Crippen molar-refractivity contribution in [3.63, 3.8) is 0 Å². The first kappa shape index (κ1) is 39.6. The Kier molecular flexibility index (Phi) is 16.0. The zero-order valence-corrected chi connectivity index (χ0v) is 31.7. The van der Waals surface area contributed by atoms with Crippen LogP contribution >= 0.6 is 0 Å². The van der Waals surface area contributed by atoms with Crippen LogP contribution in [-0.2, 0) is 14.3 Å². The van der Waals surface area contributed by atoms with Gasteiger partial charge in [-0.3, -0.25) is 4.79 Å². The van der Waals surface area contributed by atoms with Crippen molar-refractivity contribution < 1.29 is 14.3 Å². The van der Waals surface area contributed by atoms with E-state index in [0.717, 1.165) is 94.5 Å². The molecule has 4 fully saturated rings. The van der Waals surface area contributed by atoms with E-state index in [4.69, 9.17) is 10.5 Å². The van der Waals surface area contributed by atoms with E-state index in [2.05, 4.69) is 35.1 Å². The number of fused-ring (bicyclic) bond motifs is 5. The largest absolute Gasteiger partial charge is 0.467 e. The van der Waals surface area contributed by atoms with E-state index in [1.165, 1.54) is 84.2 Å². The molecule has 4 unspecified atom stereocenters. The molecule has 4 aliphatic carbocycles. The Hall–Kier alpha value is -1.22. The summed E-state index contributed by atoms with van der Waals surface area (Å²) in [5.41, 5.74) is 6.50. The van der Waals surface area contributed by atoms with Crippen LogP contribution in [0.4, 0.5) is 0 Å². The third-order valence-electron chi connectivity index (χ3n) is 14.3. The van der Waals surface area contributed by atoms with Crippen LogP contribution in [0.15, 0.2) is 0 Å². The molecule has 0 aromatic heterocycles. The van der Waals surface area contributed by atoms with Gasteiger partial charge in [-0.15, -0.1) is 0 Å². The summed E-state index contributed by atoms with van der Waals surface area (Å²) in [5, 5.41) is 14.1. The number of methoxy groups -OCH3 is 1. The lowest BCUT2D eigenvalue weighted by atomic mass is 9.44. The number of hydrogen-bond donors (Lipinski definition) is 5. The van der Waals surface area contributed by atoms with Crippen molar-refractivity contribution in [3.05, 3.63) is 0 Å². The Labute approximate surface area is 294 Å². The number of esters is 1. The number of ether oxygens (including phenoxy) is 1. The molecule has 0 aliphatic heterocycles. The van der Waals surface area contributed by atoms with Crippen molar-refractivity contribution in [2.75, 3.05) is 46.4 Å². The van der Waals surface area contributed by atoms with Crippen LogP contribution in [0.3, 0.4) is 0 Å². The standard InChI is InChI=1S/C40H75N5O3/c1-6-29(2)37(38(47)48-5)45-36(46)13-9-12-30-15-17-34-33-16-14-31-28-32(18-20-40(31,4)35(33)19-21-39(30,34)3)44-27-11-26-43-24-8-7-23-42-25-10-22-41/h29-35,37,42-44H,6-28,41H2,1-5H3,(H,45,46)/t29?,30-,31+,32-,33?,34?,35?,37-,39+,40-/m0/s1. The first-order valence-corrected chi connectivity index (χ1v) is 20.4. The molecule has 4 saturated carbocycles. The van der Waals surface area contributed by atoms with Gasteiger partial charge in [0.15, 0.2) is 0 Å². The van der Waals surface area contributed by atoms with Crippen molar-refractivity contribution in [1.82, 2.24) is 21.3 Å². The van der Waals surface area contributed by atoms with E-state index in [9.17, 15) is 9.59 Å². The summed E-state index contributed by atoms with van der Waals surface area (Å²) in [6.07, 6.45) is 20.6. The molecule has 0 aromatic rings. The second kappa shape index (κ2) is 19.4. The van der Waals surface area contributed by atoms with E-state index < -0.39 is 6.04 Å². The summed E-state index contributed by atoms with van der Waals surface area (Å²) < 4.78 is 4.97. The van der Waals surface area contributed by atoms with Gasteiger partial charge in [-0.25, -0.2) is 4.79 Å². The zero-order valence-electron chi connectivity index (χ0n) is 31.7. The molecule has 1 amide bonds. The number of rotatable bonds is 21. The highest BCUT2D eigenvalue weighted by Gasteiger charge is 2.59. The lowest BCUT2D eigenvalue weighted by Crippen LogP contribution is -2.55. The van der Waals surface area contributed by atoms with E-state index in [1.807, 2.05) is 13.8 Å². The molecular formula is C40H75N5O3. The first-order valence-electron chi connectivity index (χ1n) is 20.4. The SMILES string of the molecule is CCC(C)[C@H](NC(=O)CCC[C@H]1CCC2C3CC[C@@H]4C[C@@H](NCCCNCCCCNCCCN)CC[C@]4(C)C3CC[C@@]21C)C(=O)OC. The monoisotopic (exact) mass is 674 g/mol. The van der Waals surface area contributed by atoms with Crippen LogP contribution < -0.4 is 27.0 Å². The Morgan fingerprint density at radius 3 is 2.23 bits per heavy atom. The molecule has 0 aromatic carbocycles. The highest BCUT2D eigenvalue weighted by atomic mass is 16.5. The predicted octanol–water partition coefficient (Wildman–Crippen LogP) is 6.18. The lowest BCUT2D eigenvalue weighted by molar-refractivity contribution is -0.146. The maximum absolute atomic E-state index is 12.8. The van der Waals surface area contributed by atoms with Gasteiger partial charge in [-0.1, -0.05) is 34.1 Å². The molecule has 0 bridgehead atoms. The van der Waals surface area contributed by atoms with Crippen molar-refractivity contribution in [1.29, 1.82) is 0 Å². The smallest absolute Gasteiger partial charge is 0.328 e. The van der Waals surface area contributed by atoms with Crippen molar-refractivity contribution >= 4 is 11.9 Å². The lowest BCUT2D eigenvalue weighted by Gasteiger charge is -2.61. The molecule has 0 saturated heterocycles. The van der Waals surface area contributed by atoms with Gasteiger partial charge in [-0.2, -0.15) is 0 Å². The Morgan fingerprint density at radius 1 is 0.833 bits per heavy atom. The van der Waals surface area contributed by atoms with Crippen LogP contribution in [0.5, 0.6) is 0 Å². The topological polar surface area (TPSA) is 118 Å². The number of unbranched alkanes of at least 4 members (excludes halogenated alkanes) is 1. The summed E-state index contributed by atoms with van der Waals surface area (Å²) in [7, 11) is 1.40. The van der Waals surface area contributed by atoms with Gasteiger partial charge in [0, 0.05) is 12.5 Å². The molecule has 6 N–H and O–H groups in total. The number of amides is 1. The number of nitrogens with one attached hydrogen (secondary N) is 4.